The van der Waals surface area contributed by atoms with Gasteiger partial charge >= 0.3 is 6.18 Å². The van der Waals surface area contributed by atoms with Gasteiger partial charge in [0.05, 0.1) is 16.7 Å². The quantitative estimate of drug-likeness (QED) is 0.767. The monoisotopic (exact) mass is 448 g/mol. The Balaban J connectivity index is 1.55. The third-order valence-electron chi connectivity index (χ3n) is 5.87. The van der Waals surface area contributed by atoms with Gasteiger partial charge in [0.1, 0.15) is 5.82 Å². The Bertz CT molecular complexity index is 754. The van der Waals surface area contributed by atoms with E-state index in [1.54, 1.807) is 6.92 Å². The molecule has 0 saturated carbocycles. The van der Waals surface area contributed by atoms with Crippen molar-refractivity contribution in [1.82, 2.24) is 14.8 Å². The number of aliphatic hydroxyl groups excluding tert-OH is 1. The number of pyridine rings is 1. The second-order valence-corrected chi connectivity index (χ2v) is 8.67. The molecule has 1 N–H and O–H groups in total. The molecular formula is C20H28ClF3N4O2. The van der Waals surface area contributed by atoms with E-state index in [1.165, 1.54) is 0 Å². The molecule has 2 atom stereocenters. The molecule has 2 aliphatic rings. The number of carbonyl (C=O) groups is 1. The third-order valence-corrected chi connectivity index (χ3v) is 6.15. The number of rotatable bonds is 4. The van der Waals surface area contributed by atoms with Gasteiger partial charge in [-0.3, -0.25) is 9.69 Å². The summed E-state index contributed by atoms with van der Waals surface area (Å²) in [5.41, 5.74) is -0.870. The Hall–Kier alpha value is -1.58. The van der Waals surface area contributed by atoms with Crippen LogP contribution in [0.3, 0.4) is 0 Å². The molecule has 0 bridgehead atoms. The van der Waals surface area contributed by atoms with Crippen LogP contribution in [0.4, 0.5) is 19.0 Å². The number of amides is 1. The molecule has 168 valence electrons. The number of carbonyl (C=O) groups excluding carboxylic acids is 1. The van der Waals surface area contributed by atoms with E-state index < -0.39 is 17.8 Å². The van der Waals surface area contributed by atoms with Crippen LogP contribution in [0.15, 0.2) is 12.3 Å². The highest BCUT2D eigenvalue weighted by Gasteiger charge is 2.35. The molecule has 2 aliphatic heterocycles. The number of β-amino-alcohol motifs (C(OH)–C–C–N with tert-alkyl or cyclic N) is 1. The van der Waals surface area contributed by atoms with Crippen LogP contribution in [0.5, 0.6) is 0 Å². The van der Waals surface area contributed by atoms with Crippen LogP contribution in [-0.2, 0) is 11.0 Å². The molecule has 0 unspecified atom stereocenters. The summed E-state index contributed by atoms with van der Waals surface area (Å²) in [7, 11) is 0. The lowest BCUT2D eigenvalue weighted by atomic mass is 9.94. The molecule has 3 rings (SSSR count). The minimum atomic E-state index is -4.48. The van der Waals surface area contributed by atoms with Crippen molar-refractivity contribution >= 4 is 23.3 Å². The number of piperazine rings is 1. The molecule has 0 spiro atoms. The first-order valence-corrected chi connectivity index (χ1v) is 10.6. The number of halogens is 4. The maximum absolute atomic E-state index is 13.0. The lowest BCUT2D eigenvalue weighted by Gasteiger charge is -2.42. The molecule has 30 heavy (non-hydrogen) atoms. The van der Waals surface area contributed by atoms with E-state index in [-0.39, 0.29) is 22.9 Å². The Kier molecular flexibility index (Phi) is 7.14. The average molecular weight is 449 g/mol. The van der Waals surface area contributed by atoms with Crippen molar-refractivity contribution < 1.29 is 23.1 Å². The van der Waals surface area contributed by atoms with Crippen LogP contribution in [-0.4, -0.2) is 77.2 Å². The van der Waals surface area contributed by atoms with Crippen LogP contribution in [0.25, 0.3) is 0 Å². The number of nitrogens with zero attached hydrogens (tertiary/aromatic N) is 4. The van der Waals surface area contributed by atoms with E-state index in [4.69, 9.17) is 11.6 Å². The minimum absolute atomic E-state index is 0.0299. The first-order valence-electron chi connectivity index (χ1n) is 10.2. The zero-order valence-corrected chi connectivity index (χ0v) is 18.0. The number of hydrogen-bond acceptors (Lipinski definition) is 5. The summed E-state index contributed by atoms with van der Waals surface area (Å²) >= 11 is 6.05. The van der Waals surface area contributed by atoms with Crippen LogP contribution in [0, 0.1) is 5.92 Å². The largest absolute Gasteiger partial charge is 0.417 e. The number of aliphatic hydroxyl groups is 1. The van der Waals surface area contributed by atoms with E-state index in [9.17, 15) is 23.1 Å². The number of alkyl halides is 3. The average Bonchev–Trinajstić information content (AvgIpc) is 2.68. The lowest BCUT2D eigenvalue weighted by molar-refractivity contribution is -0.139. The predicted octanol–water partition coefficient (Wildman–Crippen LogP) is 2.88. The van der Waals surface area contributed by atoms with Crippen LogP contribution >= 0.6 is 11.6 Å². The first kappa shape index (κ1) is 23.1. The summed E-state index contributed by atoms with van der Waals surface area (Å²) in [4.78, 5) is 22.8. The standard InChI is InChI=1S/C20H28ClF3N4O2/c1-13-11-28(8-7-27(13)12-14(2)29)19(30)15-3-5-26(6-4-15)18-17(21)9-16(10-25-18)20(22,23)24/h9-10,13-15,29H,3-8,11-12H2,1-2H3/t13-,14-/m1/s1. The van der Waals surface area contributed by atoms with Crippen molar-refractivity contribution in [3.8, 4) is 0 Å². The molecule has 10 heteroatoms. The number of piperidine rings is 1. The SMILES string of the molecule is C[C@@H]1CN(C(=O)C2CCN(c3ncc(C(F)(F)F)cc3Cl)CC2)CCN1C[C@@H](C)O. The molecule has 2 saturated heterocycles. The Morgan fingerprint density at radius 3 is 2.50 bits per heavy atom. The Morgan fingerprint density at radius 1 is 1.30 bits per heavy atom. The molecule has 1 amide bonds. The molecule has 6 nitrogen and oxygen atoms in total. The van der Waals surface area contributed by atoms with Gasteiger partial charge in [0.2, 0.25) is 5.91 Å². The van der Waals surface area contributed by atoms with E-state index in [0.717, 1.165) is 18.8 Å². The Labute approximate surface area is 179 Å². The summed E-state index contributed by atoms with van der Waals surface area (Å²) in [5, 5.41) is 9.57. The van der Waals surface area contributed by atoms with E-state index in [2.05, 4.69) is 16.8 Å². The van der Waals surface area contributed by atoms with E-state index in [1.807, 2.05) is 9.80 Å². The first-order chi connectivity index (χ1) is 14.1. The van der Waals surface area contributed by atoms with Crippen molar-refractivity contribution in [3.63, 3.8) is 0 Å². The highest BCUT2D eigenvalue weighted by molar-refractivity contribution is 6.33. The summed E-state index contributed by atoms with van der Waals surface area (Å²) in [5.74, 6) is 0.352. The van der Waals surface area contributed by atoms with Crippen molar-refractivity contribution in [2.75, 3.05) is 44.2 Å². The summed E-state index contributed by atoms with van der Waals surface area (Å²) in [6, 6.07) is 1.09. The Morgan fingerprint density at radius 2 is 1.97 bits per heavy atom. The highest BCUT2D eigenvalue weighted by Crippen LogP contribution is 2.35. The zero-order valence-electron chi connectivity index (χ0n) is 17.2. The summed E-state index contributed by atoms with van der Waals surface area (Å²) in [6.07, 6.45) is -2.86. The second-order valence-electron chi connectivity index (χ2n) is 8.27. The normalized spacial score (nSPS) is 23.0. The molecule has 3 heterocycles. The van der Waals surface area contributed by atoms with Gasteiger partial charge in [0.15, 0.2) is 0 Å². The maximum atomic E-state index is 13.0. The van der Waals surface area contributed by atoms with Crippen molar-refractivity contribution in [2.24, 2.45) is 5.92 Å². The van der Waals surface area contributed by atoms with E-state index >= 15 is 0 Å². The van der Waals surface area contributed by atoms with Crippen molar-refractivity contribution in [1.29, 1.82) is 0 Å². The van der Waals surface area contributed by atoms with E-state index in [0.29, 0.717) is 51.4 Å². The fourth-order valence-corrected chi connectivity index (χ4v) is 4.51. The third kappa shape index (κ3) is 5.36. The molecular weight excluding hydrogens is 421 g/mol. The van der Waals surface area contributed by atoms with Gasteiger partial charge < -0.3 is 14.9 Å². The van der Waals surface area contributed by atoms with Gasteiger partial charge in [-0.25, -0.2) is 4.98 Å². The molecule has 0 aliphatic carbocycles. The number of aromatic nitrogens is 1. The van der Waals surface area contributed by atoms with Crippen molar-refractivity contribution in [2.45, 2.75) is 45.0 Å². The number of anilines is 1. The maximum Gasteiger partial charge on any atom is 0.417 e. The van der Waals surface area contributed by atoms with Gasteiger partial charge in [-0.2, -0.15) is 13.2 Å². The fourth-order valence-electron chi connectivity index (χ4n) is 4.22. The van der Waals surface area contributed by atoms with Crippen LogP contribution in [0.1, 0.15) is 32.3 Å². The topological polar surface area (TPSA) is 59.9 Å². The smallest absolute Gasteiger partial charge is 0.392 e. The molecule has 0 radical (unpaired) electrons. The number of hydrogen-bond donors (Lipinski definition) is 1. The van der Waals surface area contributed by atoms with Gasteiger partial charge in [-0.15, -0.1) is 0 Å². The van der Waals surface area contributed by atoms with Crippen molar-refractivity contribution in [3.05, 3.63) is 22.8 Å². The molecule has 1 aromatic heterocycles. The van der Waals surface area contributed by atoms with Crippen LogP contribution < -0.4 is 4.90 Å². The van der Waals surface area contributed by atoms with Gasteiger partial charge in [-0.1, -0.05) is 11.6 Å². The fraction of sp³-hybridized carbons (Fsp3) is 0.700. The summed E-state index contributed by atoms with van der Waals surface area (Å²) in [6.45, 7) is 7.47. The second kappa shape index (κ2) is 9.28. The molecule has 2 fully saturated rings. The van der Waals surface area contributed by atoms with Gasteiger partial charge in [0, 0.05) is 57.4 Å². The molecule has 1 aromatic rings. The lowest BCUT2D eigenvalue weighted by Crippen LogP contribution is -2.56. The van der Waals surface area contributed by atoms with Crippen LogP contribution in [0.2, 0.25) is 5.02 Å². The zero-order chi connectivity index (χ0) is 22.1. The van der Waals surface area contributed by atoms with Gasteiger partial charge in [0.25, 0.3) is 0 Å². The highest BCUT2D eigenvalue weighted by atomic mass is 35.5. The predicted molar refractivity (Wildman–Crippen MR) is 108 cm³/mol. The van der Waals surface area contributed by atoms with Gasteiger partial charge in [-0.05, 0) is 32.8 Å². The minimum Gasteiger partial charge on any atom is -0.392 e. The summed E-state index contributed by atoms with van der Waals surface area (Å²) < 4.78 is 38.4. The molecule has 0 aromatic carbocycles.